The van der Waals surface area contributed by atoms with Gasteiger partial charge >= 0.3 is 0 Å². The normalized spacial score (nSPS) is 11.0. The molecule has 130 valence electrons. The lowest BCUT2D eigenvalue weighted by atomic mass is 10.2. The predicted molar refractivity (Wildman–Crippen MR) is 98.7 cm³/mol. The van der Waals surface area contributed by atoms with Crippen LogP contribution in [0.5, 0.6) is 17.4 Å². The van der Waals surface area contributed by atoms with Gasteiger partial charge in [0.15, 0.2) is 0 Å². The minimum Gasteiger partial charge on any atom is -0.489 e. The SMILES string of the molecule is CSc1ccc(Oc2cc(OC(C)C)c3[nH]c(C(N)=O)cc3c2)nc1. The number of hydrogen-bond donors (Lipinski definition) is 2. The van der Waals surface area contributed by atoms with Crippen molar-refractivity contribution in [3.63, 3.8) is 0 Å². The largest absolute Gasteiger partial charge is 0.489 e. The number of carbonyl (C=O) groups is 1. The first-order chi connectivity index (χ1) is 12.0. The lowest BCUT2D eigenvalue weighted by Crippen LogP contribution is -2.11. The second-order valence-corrected chi connectivity index (χ2v) is 6.62. The van der Waals surface area contributed by atoms with Crippen molar-refractivity contribution in [3.8, 4) is 17.4 Å². The van der Waals surface area contributed by atoms with E-state index < -0.39 is 5.91 Å². The van der Waals surface area contributed by atoms with E-state index in [0.717, 1.165) is 10.3 Å². The summed E-state index contributed by atoms with van der Waals surface area (Å²) in [5, 5.41) is 0.780. The molecule has 0 atom stereocenters. The molecule has 0 saturated heterocycles. The second-order valence-electron chi connectivity index (χ2n) is 5.74. The maximum absolute atomic E-state index is 11.4. The first kappa shape index (κ1) is 17.2. The van der Waals surface area contributed by atoms with E-state index in [0.29, 0.717) is 28.6 Å². The van der Waals surface area contributed by atoms with E-state index in [1.165, 1.54) is 0 Å². The van der Waals surface area contributed by atoms with Gasteiger partial charge in [-0.15, -0.1) is 11.8 Å². The third kappa shape index (κ3) is 3.88. The standard InChI is InChI=1S/C18H19N3O3S/c1-10(2)23-15-8-12(24-16-5-4-13(25-3)9-20-16)6-11-7-14(18(19)22)21-17(11)15/h4-10,21H,1-3H3,(H2,19,22). The van der Waals surface area contributed by atoms with Crippen LogP contribution >= 0.6 is 11.8 Å². The molecule has 0 bridgehead atoms. The molecule has 6 nitrogen and oxygen atoms in total. The highest BCUT2D eigenvalue weighted by Crippen LogP contribution is 2.34. The van der Waals surface area contributed by atoms with E-state index in [1.807, 2.05) is 38.3 Å². The Labute approximate surface area is 149 Å². The fraction of sp³-hybridized carbons (Fsp3) is 0.222. The highest BCUT2D eigenvalue weighted by atomic mass is 32.2. The molecule has 0 radical (unpaired) electrons. The van der Waals surface area contributed by atoms with E-state index >= 15 is 0 Å². The molecule has 1 aromatic carbocycles. The number of fused-ring (bicyclic) bond motifs is 1. The number of nitrogens with zero attached hydrogens (tertiary/aromatic N) is 1. The number of nitrogens with two attached hydrogens (primary N) is 1. The zero-order valence-electron chi connectivity index (χ0n) is 14.2. The number of aromatic nitrogens is 2. The van der Waals surface area contributed by atoms with Crippen molar-refractivity contribution < 1.29 is 14.3 Å². The lowest BCUT2D eigenvalue weighted by Gasteiger charge is -2.13. The Hall–Kier alpha value is -2.67. The Bertz CT molecular complexity index is 904. The number of pyridine rings is 1. The number of ether oxygens (including phenoxy) is 2. The molecule has 0 fully saturated rings. The number of primary amides is 1. The molecule has 2 aromatic heterocycles. The van der Waals surface area contributed by atoms with Gasteiger partial charge in [-0.1, -0.05) is 0 Å². The fourth-order valence-corrected chi connectivity index (χ4v) is 2.75. The van der Waals surface area contributed by atoms with Crippen LogP contribution < -0.4 is 15.2 Å². The summed E-state index contributed by atoms with van der Waals surface area (Å²) in [4.78, 5) is 19.8. The Morgan fingerprint density at radius 2 is 2.08 bits per heavy atom. The Kier molecular flexibility index (Phi) is 4.85. The molecule has 1 amide bonds. The minimum atomic E-state index is -0.525. The molecule has 7 heteroatoms. The summed E-state index contributed by atoms with van der Waals surface area (Å²) in [6, 6.07) is 9.02. The third-order valence-electron chi connectivity index (χ3n) is 3.46. The number of H-pyrrole nitrogens is 1. The fourth-order valence-electron chi connectivity index (χ4n) is 2.39. The van der Waals surface area contributed by atoms with Gasteiger partial charge in [0.05, 0.1) is 11.6 Å². The van der Waals surface area contributed by atoms with Crippen LogP contribution in [0.3, 0.4) is 0 Å². The van der Waals surface area contributed by atoms with Gasteiger partial charge in [0.1, 0.15) is 17.2 Å². The van der Waals surface area contributed by atoms with E-state index in [2.05, 4.69) is 9.97 Å². The van der Waals surface area contributed by atoms with Gasteiger partial charge in [-0.2, -0.15) is 0 Å². The molecule has 2 heterocycles. The molecular weight excluding hydrogens is 338 g/mol. The highest BCUT2D eigenvalue weighted by molar-refractivity contribution is 7.98. The van der Waals surface area contributed by atoms with Crippen molar-refractivity contribution in [1.82, 2.24) is 9.97 Å². The van der Waals surface area contributed by atoms with Crippen molar-refractivity contribution in [2.24, 2.45) is 5.73 Å². The van der Waals surface area contributed by atoms with Crippen LogP contribution in [0.4, 0.5) is 0 Å². The van der Waals surface area contributed by atoms with Crippen LogP contribution in [-0.4, -0.2) is 28.2 Å². The Balaban J connectivity index is 2.00. The topological polar surface area (TPSA) is 90.2 Å². The summed E-state index contributed by atoms with van der Waals surface area (Å²) in [7, 11) is 0. The molecule has 3 aromatic rings. The molecule has 0 unspecified atom stereocenters. The summed E-state index contributed by atoms with van der Waals surface area (Å²) in [6.45, 7) is 3.86. The van der Waals surface area contributed by atoms with Crippen molar-refractivity contribution in [3.05, 3.63) is 42.2 Å². The van der Waals surface area contributed by atoms with Crippen LogP contribution in [0.25, 0.3) is 10.9 Å². The Morgan fingerprint density at radius 3 is 2.68 bits per heavy atom. The van der Waals surface area contributed by atoms with E-state index in [-0.39, 0.29) is 6.10 Å². The van der Waals surface area contributed by atoms with Gasteiger partial charge in [0.25, 0.3) is 5.91 Å². The monoisotopic (exact) mass is 357 g/mol. The van der Waals surface area contributed by atoms with Crippen LogP contribution in [0.1, 0.15) is 24.3 Å². The van der Waals surface area contributed by atoms with E-state index in [1.54, 1.807) is 30.1 Å². The molecule has 3 rings (SSSR count). The lowest BCUT2D eigenvalue weighted by molar-refractivity contribution is 0.0996. The summed E-state index contributed by atoms with van der Waals surface area (Å²) < 4.78 is 11.7. The van der Waals surface area contributed by atoms with Gasteiger partial charge in [-0.3, -0.25) is 4.79 Å². The summed E-state index contributed by atoms with van der Waals surface area (Å²) >= 11 is 1.61. The molecule has 0 aliphatic heterocycles. The number of amides is 1. The quantitative estimate of drug-likeness (QED) is 0.652. The molecule has 0 aliphatic carbocycles. The predicted octanol–water partition coefficient (Wildman–Crippen LogP) is 3.96. The third-order valence-corrected chi connectivity index (χ3v) is 4.17. The van der Waals surface area contributed by atoms with E-state index in [4.69, 9.17) is 15.2 Å². The number of hydrogen-bond acceptors (Lipinski definition) is 5. The van der Waals surface area contributed by atoms with Gasteiger partial charge in [0, 0.05) is 28.6 Å². The second kappa shape index (κ2) is 7.06. The zero-order valence-corrected chi connectivity index (χ0v) is 15.0. The van der Waals surface area contributed by atoms with Gasteiger partial charge in [0.2, 0.25) is 5.88 Å². The van der Waals surface area contributed by atoms with Crippen LogP contribution in [0, 0.1) is 0 Å². The van der Waals surface area contributed by atoms with Crippen molar-refractivity contribution in [1.29, 1.82) is 0 Å². The van der Waals surface area contributed by atoms with Gasteiger partial charge in [-0.05, 0) is 38.3 Å². The number of nitrogens with one attached hydrogen (secondary N) is 1. The smallest absolute Gasteiger partial charge is 0.265 e. The molecular formula is C18H19N3O3S. The Morgan fingerprint density at radius 1 is 1.28 bits per heavy atom. The van der Waals surface area contributed by atoms with Gasteiger partial charge in [-0.25, -0.2) is 4.98 Å². The maximum Gasteiger partial charge on any atom is 0.265 e. The van der Waals surface area contributed by atoms with Crippen molar-refractivity contribution >= 4 is 28.6 Å². The van der Waals surface area contributed by atoms with Gasteiger partial charge < -0.3 is 20.2 Å². The van der Waals surface area contributed by atoms with Crippen molar-refractivity contribution in [2.75, 3.05) is 6.26 Å². The molecule has 3 N–H and O–H groups in total. The van der Waals surface area contributed by atoms with E-state index in [9.17, 15) is 4.79 Å². The van der Waals surface area contributed by atoms with Crippen LogP contribution in [0.15, 0.2) is 41.4 Å². The number of carbonyl (C=O) groups excluding carboxylic acids is 1. The maximum atomic E-state index is 11.4. The number of rotatable bonds is 6. The molecule has 25 heavy (non-hydrogen) atoms. The van der Waals surface area contributed by atoms with Crippen LogP contribution in [-0.2, 0) is 0 Å². The number of benzene rings is 1. The number of thioether (sulfide) groups is 1. The highest BCUT2D eigenvalue weighted by Gasteiger charge is 2.14. The van der Waals surface area contributed by atoms with Crippen molar-refractivity contribution in [2.45, 2.75) is 24.8 Å². The average molecular weight is 357 g/mol. The first-order valence-corrected chi connectivity index (χ1v) is 9.00. The van der Waals surface area contributed by atoms with Crippen LogP contribution in [0.2, 0.25) is 0 Å². The summed E-state index contributed by atoms with van der Waals surface area (Å²) in [5.74, 6) is 1.13. The molecule has 0 spiro atoms. The zero-order chi connectivity index (χ0) is 18.0. The first-order valence-electron chi connectivity index (χ1n) is 7.77. The average Bonchev–Trinajstić information content (AvgIpc) is 3.00. The molecule has 0 saturated carbocycles. The summed E-state index contributed by atoms with van der Waals surface area (Å²) in [6.07, 6.45) is 3.71. The minimum absolute atomic E-state index is 0.0298. The number of aromatic amines is 1. The molecule has 0 aliphatic rings. The summed E-state index contributed by atoms with van der Waals surface area (Å²) in [5.41, 5.74) is 6.39.